The van der Waals surface area contributed by atoms with E-state index in [2.05, 4.69) is 6.58 Å². The van der Waals surface area contributed by atoms with Gasteiger partial charge >= 0.3 is 0 Å². The van der Waals surface area contributed by atoms with Crippen molar-refractivity contribution in [1.29, 1.82) is 0 Å². The molecule has 0 aromatic heterocycles. The molecule has 1 aromatic rings. The van der Waals surface area contributed by atoms with Crippen molar-refractivity contribution < 1.29 is 39.7 Å². The summed E-state index contributed by atoms with van der Waals surface area (Å²) < 4.78 is 16.7. The molecule has 0 saturated carbocycles. The Bertz CT molecular complexity index is 815. The normalized spacial score (nSPS) is 32.4. The molecule has 28 heavy (non-hydrogen) atoms. The zero-order valence-electron chi connectivity index (χ0n) is 15.2. The fraction of sp³-hybridized carbons (Fsp3) is 0.500. The lowest BCUT2D eigenvalue weighted by atomic mass is 9.84. The smallest absolute Gasteiger partial charge is 0.229 e. The van der Waals surface area contributed by atoms with Gasteiger partial charge in [-0.1, -0.05) is 6.58 Å². The van der Waals surface area contributed by atoms with Crippen molar-refractivity contribution in [2.75, 3.05) is 6.61 Å². The van der Waals surface area contributed by atoms with E-state index in [0.717, 1.165) is 42.4 Å². The summed E-state index contributed by atoms with van der Waals surface area (Å²) in [6, 6.07) is 3.03. The van der Waals surface area contributed by atoms with Crippen LogP contribution < -0.4 is 9.47 Å². The second-order valence-corrected chi connectivity index (χ2v) is 7.32. The van der Waals surface area contributed by atoms with Gasteiger partial charge in [0.05, 0.1) is 6.61 Å². The summed E-state index contributed by atoms with van der Waals surface area (Å²) >= 11 is 0. The molecular formula is C20H24O8. The predicted molar refractivity (Wildman–Crippen MR) is 97.7 cm³/mol. The van der Waals surface area contributed by atoms with Crippen LogP contribution >= 0.6 is 0 Å². The fourth-order valence-corrected chi connectivity index (χ4v) is 3.96. The van der Waals surface area contributed by atoms with Gasteiger partial charge in [0.1, 0.15) is 35.9 Å². The second kappa shape index (κ2) is 7.38. The van der Waals surface area contributed by atoms with Crippen molar-refractivity contribution >= 4 is 5.57 Å². The van der Waals surface area contributed by atoms with Crippen LogP contribution in [0.4, 0.5) is 0 Å². The average Bonchev–Trinajstić information content (AvgIpc) is 2.70. The van der Waals surface area contributed by atoms with Gasteiger partial charge in [-0.15, -0.1) is 0 Å². The Hall–Kier alpha value is -2.10. The molecule has 8 nitrogen and oxygen atoms in total. The van der Waals surface area contributed by atoms with Crippen LogP contribution in [0.15, 0.2) is 30.0 Å². The van der Waals surface area contributed by atoms with Crippen molar-refractivity contribution in [2.45, 2.75) is 56.4 Å². The Kier molecular flexibility index (Phi) is 5.07. The number of phenolic OH excluding ortho intramolecular Hbond substituents is 1. The SMILES string of the molecule is C=C1Oc2cc(O[C@@H]3OC(CO)[C@@H](O)[C@@H](O)C3O)c(O)cc2C2=C1CCCC2. The van der Waals surface area contributed by atoms with Crippen LogP contribution in [-0.2, 0) is 4.74 Å². The van der Waals surface area contributed by atoms with Crippen LogP contribution in [0.2, 0.25) is 0 Å². The minimum Gasteiger partial charge on any atom is -0.504 e. The van der Waals surface area contributed by atoms with E-state index < -0.39 is 37.3 Å². The summed E-state index contributed by atoms with van der Waals surface area (Å²) in [4.78, 5) is 0. The Labute approximate surface area is 161 Å². The molecule has 1 aromatic carbocycles. The molecule has 3 aliphatic rings. The third kappa shape index (κ3) is 3.17. The molecule has 152 valence electrons. The number of allylic oxidation sites excluding steroid dienone is 2. The topological polar surface area (TPSA) is 129 Å². The molecule has 2 aliphatic heterocycles. The maximum absolute atomic E-state index is 10.5. The van der Waals surface area contributed by atoms with E-state index in [1.807, 2.05) is 0 Å². The van der Waals surface area contributed by atoms with E-state index in [4.69, 9.17) is 14.2 Å². The van der Waals surface area contributed by atoms with E-state index >= 15 is 0 Å². The molecule has 1 aliphatic carbocycles. The Morgan fingerprint density at radius 2 is 1.75 bits per heavy atom. The first-order valence-corrected chi connectivity index (χ1v) is 9.34. The number of phenols is 1. The van der Waals surface area contributed by atoms with Crippen LogP contribution in [0, 0.1) is 0 Å². The number of aromatic hydroxyl groups is 1. The van der Waals surface area contributed by atoms with E-state index in [1.165, 1.54) is 6.07 Å². The Morgan fingerprint density at radius 3 is 2.46 bits per heavy atom. The molecule has 2 unspecified atom stereocenters. The first-order chi connectivity index (χ1) is 13.4. The van der Waals surface area contributed by atoms with E-state index in [1.54, 1.807) is 6.07 Å². The molecule has 0 spiro atoms. The minimum absolute atomic E-state index is 0.0178. The highest BCUT2D eigenvalue weighted by Crippen LogP contribution is 2.48. The van der Waals surface area contributed by atoms with Gasteiger partial charge in [0.25, 0.3) is 0 Å². The summed E-state index contributed by atoms with van der Waals surface area (Å²) in [7, 11) is 0. The molecule has 2 heterocycles. The van der Waals surface area contributed by atoms with Crippen LogP contribution in [-0.4, -0.2) is 62.8 Å². The van der Waals surface area contributed by atoms with Crippen molar-refractivity contribution in [2.24, 2.45) is 0 Å². The van der Waals surface area contributed by atoms with Crippen molar-refractivity contribution in [3.8, 4) is 17.2 Å². The third-order valence-corrected chi connectivity index (χ3v) is 5.52. The van der Waals surface area contributed by atoms with Gasteiger partial charge in [-0.25, -0.2) is 0 Å². The number of ether oxygens (including phenoxy) is 3. The van der Waals surface area contributed by atoms with Gasteiger partial charge in [-0.3, -0.25) is 0 Å². The van der Waals surface area contributed by atoms with Gasteiger partial charge in [0.15, 0.2) is 11.5 Å². The van der Waals surface area contributed by atoms with E-state index in [-0.39, 0.29) is 11.5 Å². The van der Waals surface area contributed by atoms with Gasteiger partial charge < -0.3 is 39.7 Å². The second-order valence-electron chi connectivity index (χ2n) is 7.32. The molecule has 0 radical (unpaired) electrons. The number of aliphatic hydroxyl groups excluding tert-OH is 4. The lowest BCUT2D eigenvalue weighted by Gasteiger charge is -2.39. The van der Waals surface area contributed by atoms with Crippen LogP contribution in [0.1, 0.15) is 31.2 Å². The van der Waals surface area contributed by atoms with Crippen molar-refractivity contribution in [1.82, 2.24) is 0 Å². The first kappa shape index (κ1) is 19.2. The monoisotopic (exact) mass is 392 g/mol. The Balaban J connectivity index is 1.63. The maximum atomic E-state index is 10.5. The number of rotatable bonds is 3. The molecule has 5 atom stereocenters. The standard InChI is InChI=1S/C20H24O8/c1-9-10-4-2-3-5-11(10)12-6-13(22)15(7-14(12)26-9)27-20-19(25)18(24)17(23)16(8-21)28-20/h6-7,16-25H,1-5,8H2/t16?,17-,18-,19?,20-/m1/s1. The quantitative estimate of drug-likeness (QED) is 0.511. The maximum Gasteiger partial charge on any atom is 0.229 e. The molecule has 1 fully saturated rings. The molecule has 4 rings (SSSR count). The number of hydrogen-bond acceptors (Lipinski definition) is 8. The minimum atomic E-state index is -1.57. The third-order valence-electron chi connectivity index (χ3n) is 5.52. The largest absolute Gasteiger partial charge is 0.504 e. The van der Waals surface area contributed by atoms with Gasteiger partial charge in [-0.2, -0.15) is 0 Å². The summed E-state index contributed by atoms with van der Waals surface area (Å²) in [6.07, 6.45) is -3.24. The first-order valence-electron chi connectivity index (χ1n) is 9.34. The highest BCUT2D eigenvalue weighted by Gasteiger charge is 2.45. The molecule has 0 amide bonds. The molecular weight excluding hydrogens is 368 g/mol. The van der Waals surface area contributed by atoms with Crippen LogP contribution in [0.25, 0.3) is 5.57 Å². The summed E-state index contributed by atoms with van der Waals surface area (Å²) in [5.41, 5.74) is 2.95. The molecule has 0 bridgehead atoms. The summed E-state index contributed by atoms with van der Waals surface area (Å²) in [5, 5.41) is 49.6. The van der Waals surface area contributed by atoms with Crippen LogP contribution in [0.5, 0.6) is 17.2 Å². The molecule has 8 heteroatoms. The van der Waals surface area contributed by atoms with Crippen molar-refractivity contribution in [3.05, 3.63) is 35.6 Å². The number of aliphatic hydroxyl groups is 4. The Morgan fingerprint density at radius 1 is 1.04 bits per heavy atom. The van der Waals surface area contributed by atoms with Gasteiger partial charge in [0.2, 0.25) is 6.29 Å². The lowest BCUT2D eigenvalue weighted by Crippen LogP contribution is -2.60. The van der Waals surface area contributed by atoms with Crippen LogP contribution in [0.3, 0.4) is 0 Å². The lowest BCUT2D eigenvalue weighted by molar-refractivity contribution is -0.277. The highest BCUT2D eigenvalue weighted by molar-refractivity contribution is 5.80. The fourth-order valence-electron chi connectivity index (χ4n) is 3.96. The van der Waals surface area contributed by atoms with Crippen molar-refractivity contribution in [3.63, 3.8) is 0 Å². The highest BCUT2D eigenvalue weighted by atomic mass is 16.7. The van der Waals surface area contributed by atoms with Gasteiger partial charge in [0, 0.05) is 11.6 Å². The zero-order chi connectivity index (χ0) is 20.0. The predicted octanol–water partition coefficient (Wildman–Crippen LogP) is 0.805. The summed E-state index contributed by atoms with van der Waals surface area (Å²) in [6.45, 7) is 3.41. The zero-order valence-corrected chi connectivity index (χ0v) is 15.2. The van der Waals surface area contributed by atoms with E-state index in [9.17, 15) is 25.5 Å². The number of benzene rings is 1. The molecule has 5 N–H and O–H groups in total. The summed E-state index contributed by atoms with van der Waals surface area (Å²) in [5.74, 6) is 0.856. The van der Waals surface area contributed by atoms with E-state index in [0.29, 0.717) is 11.5 Å². The van der Waals surface area contributed by atoms with Gasteiger partial charge in [-0.05, 0) is 42.9 Å². The number of hydrogen-bond donors (Lipinski definition) is 5. The molecule has 1 saturated heterocycles. The average molecular weight is 392 g/mol. The number of fused-ring (bicyclic) bond motifs is 2.